The first-order valence-corrected chi connectivity index (χ1v) is 13.9. The van der Waals surface area contributed by atoms with Gasteiger partial charge in [0.25, 0.3) is 0 Å². The lowest BCUT2D eigenvalue weighted by molar-refractivity contribution is -0.150. The number of carboxylic acid groups (broad SMARTS) is 1. The second-order valence-corrected chi connectivity index (χ2v) is 12.7. The number of likely N-dealkylation sites (tertiary alicyclic amines) is 1. The van der Waals surface area contributed by atoms with Gasteiger partial charge in [0.15, 0.2) is 0 Å². The highest BCUT2D eigenvalue weighted by Gasteiger charge is 2.77. The molecule has 0 aromatic carbocycles. The Labute approximate surface area is 207 Å². The van der Waals surface area contributed by atoms with Gasteiger partial charge in [-0.15, -0.1) is 18.3 Å². The molecule has 4 fully saturated rings. The maximum atomic E-state index is 14.3. The van der Waals surface area contributed by atoms with E-state index in [0.29, 0.717) is 19.5 Å². The highest BCUT2D eigenvalue weighted by Crippen LogP contribution is 2.71. The number of carbonyl (C=O) groups excluding carboxylic acids is 2. The zero-order valence-corrected chi connectivity index (χ0v) is 21.2. The summed E-state index contributed by atoms with van der Waals surface area (Å²) in [5.74, 6) is -2.47. The van der Waals surface area contributed by atoms with E-state index in [9.17, 15) is 19.5 Å². The van der Waals surface area contributed by atoms with Crippen LogP contribution in [0.3, 0.4) is 0 Å². The summed E-state index contributed by atoms with van der Waals surface area (Å²) < 4.78 is -1.17. The number of thioether (sulfide) groups is 1. The average molecular weight is 493 g/mol. The van der Waals surface area contributed by atoms with Crippen molar-refractivity contribution in [2.45, 2.75) is 99.1 Å². The molecule has 0 aromatic heterocycles. The zero-order chi connectivity index (χ0) is 24.5. The third-order valence-electron chi connectivity index (χ3n) is 8.71. The van der Waals surface area contributed by atoms with Crippen molar-refractivity contribution >= 4 is 29.5 Å². The van der Waals surface area contributed by atoms with Gasteiger partial charge >= 0.3 is 5.97 Å². The van der Waals surface area contributed by atoms with E-state index in [1.807, 2.05) is 11.8 Å². The Bertz CT molecular complexity index is 815. The molecule has 2 amide bonds. The zero-order valence-electron chi connectivity index (χ0n) is 20.4. The fraction of sp³-hybridized carbons (Fsp3) is 0.808. The van der Waals surface area contributed by atoms with Gasteiger partial charge in [0.05, 0.1) is 16.6 Å². The first-order valence-electron chi connectivity index (χ1n) is 13.1. The van der Waals surface area contributed by atoms with Crippen molar-refractivity contribution in [2.24, 2.45) is 11.8 Å². The minimum absolute atomic E-state index is 0.0132. The number of hydrogen-bond donors (Lipinski definition) is 2. The lowest BCUT2D eigenvalue weighted by Gasteiger charge is -2.41. The number of amides is 2. The second-order valence-electron chi connectivity index (χ2n) is 10.8. The van der Waals surface area contributed by atoms with Crippen LogP contribution in [0, 0.1) is 11.8 Å². The van der Waals surface area contributed by atoms with Crippen LogP contribution in [0.4, 0.5) is 0 Å². The predicted octanol–water partition coefficient (Wildman–Crippen LogP) is 3.45. The average Bonchev–Trinajstić information content (AvgIpc) is 3.38. The minimum Gasteiger partial charge on any atom is -0.481 e. The summed E-state index contributed by atoms with van der Waals surface area (Å²) in [6, 6.07) is -0.452. The Kier molecular flexibility index (Phi) is 7.67. The van der Waals surface area contributed by atoms with Crippen molar-refractivity contribution in [3.8, 4) is 0 Å². The van der Waals surface area contributed by atoms with E-state index >= 15 is 0 Å². The molecule has 7 nitrogen and oxygen atoms in total. The summed E-state index contributed by atoms with van der Waals surface area (Å²) in [6.07, 6.45) is 11.8. The van der Waals surface area contributed by atoms with Gasteiger partial charge in [-0.2, -0.15) is 0 Å². The number of nitrogens with zero attached hydrogens (tertiary/aromatic N) is 2. The maximum Gasteiger partial charge on any atom is 0.308 e. The summed E-state index contributed by atoms with van der Waals surface area (Å²) in [7, 11) is 0. The number of carboxylic acids is 1. The molecule has 34 heavy (non-hydrogen) atoms. The van der Waals surface area contributed by atoms with Crippen LogP contribution in [0.25, 0.3) is 0 Å². The third-order valence-corrected chi connectivity index (χ3v) is 10.7. The molecule has 0 aromatic rings. The summed E-state index contributed by atoms with van der Waals surface area (Å²) >= 11 is 1.61. The molecule has 3 heterocycles. The Morgan fingerprint density at radius 1 is 1.18 bits per heavy atom. The molecule has 2 N–H and O–H groups in total. The molecular weight excluding hydrogens is 452 g/mol. The standard InChI is InChI=1S/C26H40N2O5S/c1-3-15-27(18-11-7-6-8-12-18)23(31)21-26-14-13-25(2,34-26)20(24(32)33)19(26)22(30)28(21)16-9-4-5-10-17-29/h3,18-21,29H,1,4-17H2,2H3,(H,32,33)/t19-,20-,21?,25+,26?/m0/s1. The van der Waals surface area contributed by atoms with E-state index in [4.69, 9.17) is 5.11 Å². The predicted molar refractivity (Wildman–Crippen MR) is 132 cm³/mol. The van der Waals surface area contributed by atoms with Gasteiger partial charge < -0.3 is 20.0 Å². The lowest BCUT2D eigenvalue weighted by Crippen LogP contribution is -2.57. The smallest absolute Gasteiger partial charge is 0.308 e. The van der Waals surface area contributed by atoms with Crippen LogP contribution in [0.15, 0.2) is 12.7 Å². The number of hydrogen-bond acceptors (Lipinski definition) is 5. The van der Waals surface area contributed by atoms with Crippen molar-refractivity contribution in [1.82, 2.24) is 9.80 Å². The summed E-state index contributed by atoms with van der Waals surface area (Å²) in [5, 5.41) is 19.2. The van der Waals surface area contributed by atoms with Crippen LogP contribution in [0.2, 0.25) is 0 Å². The van der Waals surface area contributed by atoms with Crippen LogP contribution in [0.1, 0.15) is 77.6 Å². The fourth-order valence-corrected chi connectivity index (χ4v) is 9.52. The molecule has 4 aliphatic rings. The molecule has 5 atom stereocenters. The largest absolute Gasteiger partial charge is 0.481 e. The van der Waals surface area contributed by atoms with Crippen LogP contribution >= 0.6 is 11.8 Å². The molecule has 1 aliphatic carbocycles. The summed E-state index contributed by atoms with van der Waals surface area (Å²) in [5.41, 5.74) is 0. The Balaban J connectivity index is 1.67. The van der Waals surface area contributed by atoms with E-state index in [1.54, 1.807) is 22.7 Å². The molecule has 3 saturated heterocycles. The Morgan fingerprint density at radius 3 is 2.53 bits per heavy atom. The first-order chi connectivity index (χ1) is 16.3. The molecule has 1 saturated carbocycles. The number of aliphatic hydroxyl groups is 1. The molecular formula is C26H40N2O5S. The van der Waals surface area contributed by atoms with Gasteiger partial charge in [-0.1, -0.05) is 38.2 Å². The van der Waals surface area contributed by atoms with Crippen molar-refractivity contribution in [2.75, 3.05) is 19.7 Å². The van der Waals surface area contributed by atoms with Gasteiger partial charge in [0.2, 0.25) is 11.8 Å². The number of aliphatic hydroxyl groups excluding tert-OH is 1. The van der Waals surface area contributed by atoms with E-state index < -0.39 is 33.3 Å². The summed E-state index contributed by atoms with van der Waals surface area (Å²) in [4.78, 5) is 44.2. The van der Waals surface area contributed by atoms with Gasteiger partial charge in [0, 0.05) is 30.5 Å². The normalized spacial score (nSPS) is 34.9. The highest BCUT2D eigenvalue weighted by molar-refractivity contribution is 8.02. The van der Waals surface area contributed by atoms with Crippen molar-refractivity contribution in [3.63, 3.8) is 0 Å². The van der Waals surface area contributed by atoms with Gasteiger partial charge in [-0.05, 0) is 45.4 Å². The molecule has 0 radical (unpaired) electrons. The topological polar surface area (TPSA) is 98.2 Å². The van der Waals surface area contributed by atoms with Gasteiger partial charge in [-0.3, -0.25) is 14.4 Å². The highest BCUT2D eigenvalue weighted by atomic mass is 32.2. The number of aliphatic carboxylic acids is 1. The number of fused-ring (bicyclic) bond motifs is 1. The monoisotopic (exact) mass is 492 g/mol. The minimum atomic E-state index is -0.916. The van der Waals surface area contributed by atoms with E-state index in [0.717, 1.165) is 57.8 Å². The van der Waals surface area contributed by atoms with E-state index in [2.05, 4.69) is 6.58 Å². The van der Waals surface area contributed by atoms with Crippen LogP contribution in [-0.2, 0) is 14.4 Å². The molecule has 3 aliphatic heterocycles. The fourth-order valence-electron chi connectivity index (χ4n) is 7.18. The summed E-state index contributed by atoms with van der Waals surface area (Å²) in [6.45, 7) is 6.95. The molecule has 2 bridgehead atoms. The number of rotatable bonds is 11. The Hall–Kier alpha value is -1.54. The molecule has 2 unspecified atom stereocenters. The molecule has 4 rings (SSSR count). The maximum absolute atomic E-state index is 14.3. The Morgan fingerprint density at radius 2 is 1.88 bits per heavy atom. The van der Waals surface area contributed by atoms with E-state index in [-0.39, 0.29) is 24.5 Å². The van der Waals surface area contributed by atoms with Crippen molar-refractivity contribution in [1.29, 1.82) is 0 Å². The van der Waals surface area contributed by atoms with Crippen LogP contribution < -0.4 is 0 Å². The van der Waals surface area contributed by atoms with E-state index in [1.165, 1.54) is 6.42 Å². The van der Waals surface area contributed by atoms with Crippen molar-refractivity contribution in [3.05, 3.63) is 12.7 Å². The van der Waals surface area contributed by atoms with Crippen LogP contribution in [0.5, 0.6) is 0 Å². The second kappa shape index (κ2) is 10.2. The molecule has 8 heteroatoms. The van der Waals surface area contributed by atoms with Gasteiger partial charge in [-0.25, -0.2) is 0 Å². The number of carbonyl (C=O) groups is 3. The molecule has 190 valence electrons. The first kappa shape index (κ1) is 25.5. The quantitative estimate of drug-likeness (QED) is 0.339. The SMILES string of the molecule is C=CCN(C(=O)C1N(CCCCCCO)C(=O)[C@@H]2[C@@H](C(=O)O)[C@@]3(C)CCC12S3)C1CCCCC1. The van der Waals surface area contributed by atoms with Crippen molar-refractivity contribution < 1.29 is 24.6 Å². The number of unbranched alkanes of at least 4 members (excludes halogenated alkanes) is 3. The third kappa shape index (κ3) is 4.19. The van der Waals surface area contributed by atoms with Crippen LogP contribution in [-0.4, -0.2) is 79.1 Å². The molecule has 1 spiro atoms. The lowest BCUT2D eigenvalue weighted by atomic mass is 9.66. The van der Waals surface area contributed by atoms with Gasteiger partial charge in [0.1, 0.15) is 6.04 Å².